The zero-order valence-corrected chi connectivity index (χ0v) is 10.6. The third kappa shape index (κ3) is 2.91. The maximum absolute atomic E-state index is 11.7. The van der Waals surface area contributed by atoms with Gasteiger partial charge >= 0.3 is 0 Å². The summed E-state index contributed by atoms with van der Waals surface area (Å²) in [7, 11) is 1.60. The minimum absolute atomic E-state index is 0.142. The molecular formula is C13H16ClNO2. The average molecular weight is 254 g/mol. The number of carbonyl (C=O) groups excluding carboxylic acids is 1. The molecule has 1 aromatic rings. The van der Waals surface area contributed by atoms with Crippen LogP contribution < -0.4 is 10.1 Å². The van der Waals surface area contributed by atoms with Crippen LogP contribution in [-0.2, 0) is 11.3 Å². The number of ether oxygens (including phenoxy) is 1. The van der Waals surface area contributed by atoms with Gasteiger partial charge in [0.1, 0.15) is 5.75 Å². The first kappa shape index (κ1) is 12.2. The highest BCUT2D eigenvalue weighted by Gasteiger charge is 2.24. The quantitative estimate of drug-likeness (QED) is 0.896. The lowest BCUT2D eigenvalue weighted by Gasteiger charge is -2.24. The summed E-state index contributed by atoms with van der Waals surface area (Å²) < 4.78 is 5.07. The van der Waals surface area contributed by atoms with Gasteiger partial charge in [-0.1, -0.05) is 24.1 Å². The third-order valence-corrected chi connectivity index (χ3v) is 3.54. The predicted octanol–water partition coefficient (Wildman–Crippen LogP) is 2.76. The van der Waals surface area contributed by atoms with Crippen LogP contribution in [0.15, 0.2) is 18.2 Å². The molecule has 0 bridgehead atoms. The largest absolute Gasteiger partial charge is 0.497 e. The van der Waals surface area contributed by atoms with E-state index >= 15 is 0 Å². The van der Waals surface area contributed by atoms with Crippen LogP contribution in [0.4, 0.5) is 0 Å². The molecule has 17 heavy (non-hydrogen) atoms. The van der Waals surface area contributed by atoms with Gasteiger partial charge in [0.2, 0.25) is 5.91 Å². The van der Waals surface area contributed by atoms with Crippen molar-refractivity contribution in [1.29, 1.82) is 0 Å². The first-order chi connectivity index (χ1) is 8.20. The Labute approximate surface area is 106 Å². The summed E-state index contributed by atoms with van der Waals surface area (Å²) in [5, 5.41) is 3.54. The summed E-state index contributed by atoms with van der Waals surface area (Å²) in [5.41, 5.74) is 0.917. The van der Waals surface area contributed by atoms with Gasteiger partial charge < -0.3 is 10.1 Å². The Kier molecular flexibility index (Phi) is 3.89. The van der Waals surface area contributed by atoms with Crippen molar-refractivity contribution in [2.24, 2.45) is 5.92 Å². The van der Waals surface area contributed by atoms with Gasteiger partial charge in [0.15, 0.2) is 0 Å². The summed E-state index contributed by atoms with van der Waals surface area (Å²) in [6.07, 6.45) is 3.20. The molecule has 0 spiro atoms. The lowest BCUT2D eigenvalue weighted by molar-refractivity contribution is -0.127. The number of methoxy groups -OCH3 is 1. The van der Waals surface area contributed by atoms with E-state index in [2.05, 4.69) is 5.32 Å². The molecule has 0 aromatic heterocycles. The van der Waals surface area contributed by atoms with Gasteiger partial charge in [0.05, 0.1) is 7.11 Å². The van der Waals surface area contributed by atoms with Gasteiger partial charge in [0.25, 0.3) is 0 Å². The SMILES string of the molecule is COc1ccc(CNC(=O)C2CCC2)c(Cl)c1. The van der Waals surface area contributed by atoms with E-state index in [1.807, 2.05) is 12.1 Å². The average Bonchev–Trinajstić information content (AvgIpc) is 2.25. The highest BCUT2D eigenvalue weighted by atomic mass is 35.5. The number of benzene rings is 1. The zero-order valence-electron chi connectivity index (χ0n) is 9.83. The Morgan fingerprint density at radius 3 is 2.82 bits per heavy atom. The van der Waals surface area contributed by atoms with Gasteiger partial charge in [-0.2, -0.15) is 0 Å². The van der Waals surface area contributed by atoms with Crippen molar-refractivity contribution in [2.75, 3.05) is 7.11 Å². The van der Waals surface area contributed by atoms with E-state index in [4.69, 9.17) is 16.3 Å². The fraction of sp³-hybridized carbons (Fsp3) is 0.462. The van der Waals surface area contributed by atoms with Gasteiger partial charge in [-0.15, -0.1) is 0 Å². The van der Waals surface area contributed by atoms with E-state index in [-0.39, 0.29) is 11.8 Å². The van der Waals surface area contributed by atoms with Gasteiger partial charge in [0, 0.05) is 17.5 Å². The molecule has 1 saturated carbocycles. The molecule has 0 heterocycles. The van der Waals surface area contributed by atoms with Crippen molar-refractivity contribution < 1.29 is 9.53 Å². The van der Waals surface area contributed by atoms with Crippen LogP contribution in [0, 0.1) is 5.92 Å². The van der Waals surface area contributed by atoms with E-state index < -0.39 is 0 Å². The van der Waals surface area contributed by atoms with Crippen LogP contribution in [0.25, 0.3) is 0 Å². The van der Waals surface area contributed by atoms with Crippen molar-refractivity contribution in [3.63, 3.8) is 0 Å². The Hall–Kier alpha value is -1.22. The van der Waals surface area contributed by atoms with Crippen LogP contribution in [-0.4, -0.2) is 13.0 Å². The van der Waals surface area contributed by atoms with Crippen molar-refractivity contribution in [3.05, 3.63) is 28.8 Å². The zero-order chi connectivity index (χ0) is 12.3. The minimum atomic E-state index is 0.142. The van der Waals surface area contributed by atoms with Crippen LogP contribution in [0.1, 0.15) is 24.8 Å². The van der Waals surface area contributed by atoms with E-state index in [1.54, 1.807) is 13.2 Å². The van der Waals surface area contributed by atoms with Crippen LogP contribution in [0.3, 0.4) is 0 Å². The van der Waals surface area contributed by atoms with Crippen molar-refractivity contribution in [3.8, 4) is 5.75 Å². The fourth-order valence-corrected chi connectivity index (χ4v) is 2.03. The van der Waals surface area contributed by atoms with Crippen LogP contribution in [0.5, 0.6) is 5.75 Å². The van der Waals surface area contributed by atoms with Gasteiger partial charge in [-0.25, -0.2) is 0 Å². The second kappa shape index (κ2) is 5.41. The van der Waals surface area contributed by atoms with Crippen molar-refractivity contribution >= 4 is 17.5 Å². The number of hydrogen-bond acceptors (Lipinski definition) is 2. The lowest BCUT2D eigenvalue weighted by atomic mass is 9.85. The van der Waals surface area contributed by atoms with Crippen LogP contribution in [0.2, 0.25) is 5.02 Å². The second-order valence-corrected chi connectivity index (χ2v) is 4.71. The van der Waals surface area contributed by atoms with Crippen LogP contribution >= 0.6 is 11.6 Å². The predicted molar refractivity (Wildman–Crippen MR) is 67.2 cm³/mol. The monoisotopic (exact) mass is 253 g/mol. The first-order valence-corrected chi connectivity index (χ1v) is 6.18. The molecule has 4 heteroatoms. The van der Waals surface area contributed by atoms with E-state index in [0.717, 1.165) is 24.2 Å². The molecule has 0 atom stereocenters. The molecule has 2 rings (SSSR count). The Morgan fingerprint density at radius 2 is 2.29 bits per heavy atom. The Morgan fingerprint density at radius 1 is 1.53 bits per heavy atom. The normalized spacial score (nSPS) is 15.2. The third-order valence-electron chi connectivity index (χ3n) is 3.19. The fourth-order valence-electron chi connectivity index (χ4n) is 1.80. The molecule has 1 aliphatic rings. The lowest BCUT2D eigenvalue weighted by Crippen LogP contribution is -2.34. The van der Waals surface area contributed by atoms with Gasteiger partial charge in [-0.3, -0.25) is 4.79 Å². The molecule has 1 aliphatic carbocycles. The minimum Gasteiger partial charge on any atom is -0.497 e. The molecule has 0 radical (unpaired) electrons. The van der Waals surface area contributed by atoms with Crippen molar-refractivity contribution in [2.45, 2.75) is 25.8 Å². The van der Waals surface area contributed by atoms with E-state index in [1.165, 1.54) is 6.42 Å². The number of rotatable bonds is 4. The Bertz CT molecular complexity index is 416. The summed E-state index contributed by atoms with van der Waals surface area (Å²) >= 11 is 6.09. The Balaban J connectivity index is 1.91. The topological polar surface area (TPSA) is 38.3 Å². The smallest absolute Gasteiger partial charge is 0.223 e. The molecule has 1 aromatic carbocycles. The first-order valence-electron chi connectivity index (χ1n) is 5.81. The maximum Gasteiger partial charge on any atom is 0.223 e. The highest BCUT2D eigenvalue weighted by Crippen LogP contribution is 2.27. The number of carbonyl (C=O) groups is 1. The number of halogens is 1. The number of hydrogen-bond donors (Lipinski definition) is 1. The van der Waals surface area contributed by atoms with Gasteiger partial charge in [-0.05, 0) is 30.5 Å². The second-order valence-electron chi connectivity index (χ2n) is 4.30. The highest BCUT2D eigenvalue weighted by molar-refractivity contribution is 6.31. The molecule has 0 aliphatic heterocycles. The molecule has 1 amide bonds. The molecule has 0 unspecified atom stereocenters. The summed E-state index contributed by atoms with van der Waals surface area (Å²) in [4.78, 5) is 11.7. The molecular weight excluding hydrogens is 238 g/mol. The maximum atomic E-state index is 11.7. The molecule has 0 saturated heterocycles. The summed E-state index contributed by atoms with van der Waals surface area (Å²) in [6, 6.07) is 5.48. The van der Waals surface area contributed by atoms with E-state index in [9.17, 15) is 4.79 Å². The van der Waals surface area contributed by atoms with Crippen molar-refractivity contribution in [1.82, 2.24) is 5.32 Å². The molecule has 1 fully saturated rings. The number of amides is 1. The van der Waals surface area contributed by atoms with E-state index in [0.29, 0.717) is 11.6 Å². The molecule has 92 valence electrons. The standard InChI is InChI=1S/C13H16ClNO2/c1-17-11-6-5-10(12(14)7-11)8-15-13(16)9-3-2-4-9/h5-7,9H,2-4,8H2,1H3,(H,15,16). The summed E-state index contributed by atoms with van der Waals surface area (Å²) in [5.74, 6) is 1.08. The number of nitrogens with one attached hydrogen (secondary N) is 1. The summed E-state index contributed by atoms with van der Waals surface area (Å²) in [6.45, 7) is 0.484. The molecule has 3 nitrogen and oxygen atoms in total. The molecule has 1 N–H and O–H groups in total.